The average molecular weight is 250 g/mol. The molecule has 1 unspecified atom stereocenters. The number of hydrogen-bond acceptors (Lipinski definition) is 2. The summed E-state index contributed by atoms with van der Waals surface area (Å²) in [6.07, 6.45) is 0. The number of nitrogens with zero attached hydrogens (tertiary/aromatic N) is 1. The van der Waals surface area contributed by atoms with Crippen LogP contribution in [0.4, 0.5) is 0 Å². The topological polar surface area (TPSA) is 54.7 Å². The molecule has 4 heteroatoms. The van der Waals surface area contributed by atoms with Gasteiger partial charge in [0.1, 0.15) is 5.82 Å². The van der Waals surface area contributed by atoms with Crippen molar-refractivity contribution in [2.75, 3.05) is 6.54 Å². The lowest BCUT2D eigenvalue weighted by Crippen LogP contribution is -2.10. The molecule has 0 aliphatic rings. The van der Waals surface area contributed by atoms with E-state index >= 15 is 0 Å². The first-order chi connectivity index (χ1) is 8.11. The molecule has 3 nitrogen and oxygen atoms in total. The molecule has 1 heterocycles. The van der Waals surface area contributed by atoms with Gasteiger partial charge in [0.05, 0.1) is 5.69 Å². The van der Waals surface area contributed by atoms with E-state index in [1.54, 1.807) is 0 Å². The fourth-order valence-electron chi connectivity index (χ4n) is 1.75. The van der Waals surface area contributed by atoms with Crippen LogP contribution in [0.15, 0.2) is 24.3 Å². The second-order valence-corrected chi connectivity index (χ2v) is 4.68. The molecule has 1 atom stereocenters. The van der Waals surface area contributed by atoms with Gasteiger partial charge in [0, 0.05) is 28.7 Å². The van der Waals surface area contributed by atoms with Crippen molar-refractivity contribution in [3.63, 3.8) is 0 Å². The Labute approximate surface area is 106 Å². The number of aryl methyl sites for hydroxylation is 1. The van der Waals surface area contributed by atoms with Gasteiger partial charge in [-0.25, -0.2) is 4.98 Å². The van der Waals surface area contributed by atoms with Gasteiger partial charge >= 0.3 is 0 Å². The molecule has 0 radical (unpaired) electrons. The highest BCUT2D eigenvalue weighted by Crippen LogP contribution is 2.25. The Morgan fingerprint density at radius 1 is 1.47 bits per heavy atom. The van der Waals surface area contributed by atoms with Crippen LogP contribution in [0.3, 0.4) is 0 Å². The molecular weight excluding hydrogens is 234 g/mol. The van der Waals surface area contributed by atoms with Crippen LogP contribution >= 0.6 is 11.6 Å². The van der Waals surface area contributed by atoms with E-state index in [1.807, 2.05) is 31.2 Å². The summed E-state index contributed by atoms with van der Waals surface area (Å²) in [7, 11) is 0. The van der Waals surface area contributed by atoms with Crippen molar-refractivity contribution in [2.24, 2.45) is 5.73 Å². The van der Waals surface area contributed by atoms with E-state index in [0.29, 0.717) is 6.54 Å². The molecule has 1 aromatic carbocycles. The second-order valence-electron chi connectivity index (χ2n) is 4.24. The smallest absolute Gasteiger partial charge is 0.111 e. The van der Waals surface area contributed by atoms with Crippen LogP contribution in [0, 0.1) is 6.92 Å². The highest BCUT2D eigenvalue weighted by molar-refractivity contribution is 6.30. The van der Waals surface area contributed by atoms with Gasteiger partial charge in [0.15, 0.2) is 0 Å². The van der Waals surface area contributed by atoms with E-state index in [-0.39, 0.29) is 5.92 Å². The summed E-state index contributed by atoms with van der Waals surface area (Å²) in [4.78, 5) is 7.88. The molecule has 0 aliphatic carbocycles. The van der Waals surface area contributed by atoms with Crippen molar-refractivity contribution in [1.29, 1.82) is 0 Å². The first-order valence-corrected chi connectivity index (χ1v) is 6.02. The third-order valence-corrected chi connectivity index (χ3v) is 3.06. The number of aromatic nitrogens is 2. The molecule has 2 aromatic rings. The number of aromatic amines is 1. The predicted molar refractivity (Wildman–Crippen MR) is 71.2 cm³/mol. The van der Waals surface area contributed by atoms with Crippen molar-refractivity contribution in [3.05, 3.63) is 40.8 Å². The van der Waals surface area contributed by atoms with Gasteiger partial charge in [-0.05, 0) is 19.1 Å². The first-order valence-electron chi connectivity index (χ1n) is 5.64. The van der Waals surface area contributed by atoms with Crippen LogP contribution in [0.25, 0.3) is 11.3 Å². The molecule has 1 aromatic heterocycles. The van der Waals surface area contributed by atoms with Crippen LogP contribution in [-0.2, 0) is 0 Å². The molecule has 3 N–H and O–H groups in total. The summed E-state index contributed by atoms with van der Waals surface area (Å²) >= 11 is 5.99. The first kappa shape index (κ1) is 12.1. The molecule has 2 rings (SSSR count). The zero-order valence-electron chi connectivity index (χ0n) is 10.00. The molecule has 0 fully saturated rings. The molecule has 0 saturated carbocycles. The summed E-state index contributed by atoms with van der Waals surface area (Å²) in [5, 5.41) is 0.721. The lowest BCUT2D eigenvalue weighted by Gasteiger charge is -2.02. The molecule has 0 aliphatic heterocycles. The van der Waals surface area contributed by atoms with Crippen molar-refractivity contribution >= 4 is 11.6 Å². The Balaban J connectivity index is 2.42. The fourth-order valence-corrected chi connectivity index (χ4v) is 1.94. The summed E-state index contributed by atoms with van der Waals surface area (Å²) in [5.41, 5.74) is 8.67. The standard InChI is InChI=1S/C13H16ClN3/c1-8(7-15)13-16-9(2)12(17-13)10-4-3-5-11(14)6-10/h3-6,8H,7,15H2,1-2H3,(H,16,17). The van der Waals surface area contributed by atoms with Gasteiger partial charge in [-0.15, -0.1) is 0 Å². The maximum atomic E-state index is 5.99. The van der Waals surface area contributed by atoms with E-state index in [9.17, 15) is 0 Å². The SMILES string of the molecule is Cc1[nH]c(C(C)CN)nc1-c1cccc(Cl)c1. The Hall–Kier alpha value is -1.32. The third-order valence-electron chi connectivity index (χ3n) is 2.82. The number of halogens is 1. The largest absolute Gasteiger partial charge is 0.345 e. The summed E-state index contributed by atoms with van der Waals surface area (Å²) < 4.78 is 0. The van der Waals surface area contributed by atoms with Crippen molar-refractivity contribution in [3.8, 4) is 11.3 Å². The Bertz CT molecular complexity index is 519. The maximum absolute atomic E-state index is 5.99. The minimum absolute atomic E-state index is 0.238. The van der Waals surface area contributed by atoms with Crippen LogP contribution in [0.5, 0.6) is 0 Å². The van der Waals surface area contributed by atoms with Gasteiger partial charge in [-0.2, -0.15) is 0 Å². The molecule has 90 valence electrons. The number of hydrogen-bond donors (Lipinski definition) is 2. The van der Waals surface area contributed by atoms with Gasteiger partial charge < -0.3 is 10.7 Å². The quantitative estimate of drug-likeness (QED) is 0.878. The molecule has 0 bridgehead atoms. The number of H-pyrrole nitrogens is 1. The normalized spacial score (nSPS) is 12.7. The van der Waals surface area contributed by atoms with Crippen LogP contribution in [0.2, 0.25) is 5.02 Å². The zero-order valence-corrected chi connectivity index (χ0v) is 10.8. The number of nitrogens with one attached hydrogen (secondary N) is 1. The number of benzene rings is 1. The van der Waals surface area contributed by atoms with Gasteiger partial charge in [-0.3, -0.25) is 0 Å². The molecule has 0 saturated heterocycles. The zero-order chi connectivity index (χ0) is 12.4. The van der Waals surface area contributed by atoms with Crippen molar-refractivity contribution in [1.82, 2.24) is 9.97 Å². The van der Waals surface area contributed by atoms with E-state index < -0.39 is 0 Å². The molecule has 0 spiro atoms. The maximum Gasteiger partial charge on any atom is 0.111 e. The molecular formula is C13H16ClN3. The lowest BCUT2D eigenvalue weighted by molar-refractivity contribution is 0.723. The Morgan fingerprint density at radius 2 is 2.24 bits per heavy atom. The number of rotatable bonds is 3. The Kier molecular flexibility index (Phi) is 3.50. The average Bonchev–Trinajstić information content (AvgIpc) is 2.70. The minimum atomic E-state index is 0.238. The van der Waals surface area contributed by atoms with E-state index in [2.05, 4.69) is 16.9 Å². The lowest BCUT2D eigenvalue weighted by atomic mass is 10.1. The van der Waals surface area contributed by atoms with E-state index in [4.69, 9.17) is 17.3 Å². The monoisotopic (exact) mass is 249 g/mol. The van der Waals surface area contributed by atoms with E-state index in [1.165, 1.54) is 0 Å². The summed E-state index contributed by atoms with van der Waals surface area (Å²) in [6.45, 7) is 4.65. The van der Waals surface area contributed by atoms with Crippen molar-refractivity contribution < 1.29 is 0 Å². The predicted octanol–water partition coefficient (Wildman–Crippen LogP) is 3.10. The highest BCUT2D eigenvalue weighted by atomic mass is 35.5. The third kappa shape index (κ3) is 2.51. The van der Waals surface area contributed by atoms with Crippen molar-refractivity contribution in [2.45, 2.75) is 19.8 Å². The number of nitrogens with two attached hydrogens (primary N) is 1. The number of imidazole rings is 1. The molecule has 17 heavy (non-hydrogen) atoms. The summed E-state index contributed by atoms with van der Waals surface area (Å²) in [5.74, 6) is 1.17. The van der Waals surface area contributed by atoms with Gasteiger partial charge in [-0.1, -0.05) is 30.7 Å². The minimum Gasteiger partial charge on any atom is -0.345 e. The fraction of sp³-hybridized carbons (Fsp3) is 0.308. The van der Waals surface area contributed by atoms with Gasteiger partial charge in [0.2, 0.25) is 0 Å². The highest BCUT2D eigenvalue weighted by Gasteiger charge is 2.13. The summed E-state index contributed by atoms with van der Waals surface area (Å²) in [6, 6.07) is 7.71. The van der Waals surface area contributed by atoms with E-state index in [0.717, 1.165) is 27.8 Å². The second kappa shape index (κ2) is 4.90. The Morgan fingerprint density at radius 3 is 2.88 bits per heavy atom. The van der Waals surface area contributed by atoms with Gasteiger partial charge in [0.25, 0.3) is 0 Å². The molecule has 0 amide bonds. The van der Waals surface area contributed by atoms with Crippen LogP contribution in [-0.4, -0.2) is 16.5 Å². The van der Waals surface area contributed by atoms with Crippen LogP contribution in [0.1, 0.15) is 24.4 Å². The van der Waals surface area contributed by atoms with Crippen LogP contribution < -0.4 is 5.73 Å².